The number of amides is 1. The van der Waals surface area contributed by atoms with Crippen molar-refractivity contribution in [3.63, 3.8) is 0 Å². The molecule has 1 aliphatic rings. The monoisotopic (exact) mass is 455 g/mol. The molecule has 1 amide bonds. The van der Waals surface area contributed by atoms with Gasteiger partial charge in [-0.3, -0.25) is 4.79 Å². The van der Waals surface area contributed by atoms with Gasteiger partial charge in [-0.15, -0.1) is 0 Å². The molecule has 5 atom stereocenters. The van der Waals surface area contributed by atoms with E-state index in [9.17, 15) is 29.6 Å². The summed E-state index contributed by atoms with van der Waals surface area (Å²) in [5.74, 6) is -1.13. The van der Waals surface area contributed by atoms with Crippen molar-refractivity contribution in [3.8, 4) is 16.9 Å². The summed E-state index contributed by atoms with van der Waals surface area (Å²) in [6, 6.07) is 8.66. The first-order chi connectivity index (χ1) is 14.6. The molecule has 1 saturated heterocycles. The summed E-state index contributed by atoms with van der Waals surface area (Å²) in [6.07, 6.45) is -5.74. The molecule has 1 fully saturated rings. The summed E-state index contributed by atoms with van der Waals surface area (Å²) in [7, 11) is 1.40. The lowest BCUT2D eigenvalue weighted by Crippen LogP contribution is -2.66. The minimum atomic E-state index is -1.99. The van der Waals surface area contributed by atoms with Crippen LogP contribution >= 0.6 is 11.6 Å². The van der Waals surface area contributed by atoms with Crippen LogP contribution in [0.2, 0.25) is 5.02 Å². The standard InChI is InChI=1S/C21H23ClFNO7/c1-21(29)18(27)17(26)16(9-25)31-20(21)30-15-6-4-11(8-13(15)22)10-3-5-14(23)12(7-10)19(28)24-2/h3-8,16-18,20,25-27,29H,9H2,1-2H3,(H,24,28)/t16?,17-,18?,20+,21+/m1/s1. The number of halogens is 2. The Kier molecular flexibility index (Phi) is 6.85. The summed E-state index contributed by atoms with van der Waals surface area (Å²) in [6.45, 7) is 0.624. The first-order valence-corrected chi connectivity index (χ1v) is 9.81. The third-order valence-electron chi connectivity index (χ3n) is 5.20. The summed E-state index contributed by atoms with van der Waals surface area (Å²) in [5.41, 5.74) is -1.01. The Morgan fingerprint density at radius 3 is 2.52 bits per heavy atom. The maximum absolute atomic E-state index is 13.9. The highest BCUT2D eigenvalue weighted by Gasteiger charge is 2.53. The predicted molar refractivity (Wildman–Crippen MR) is 109 cm³/mol. The first kappa shape index (κ1) is 23.4. The van der Waals surface area contributed by atoms with Crippen LogP contribution in [0.5, 0.6) is 5.75 Å². The number of nitrogens with one attached hydrogen (secondary N) is 1. The number of aliphatic hydroxyl groups is 4. The largest absolute Gasteiger partial charge is 0.460 e. The zero-order valence-electron chi connectivity index (χ0n) is 16.8. The topological polar surface area (TPSA) is 128 Å². The molecule has 0 aliphatic carbocycles. The fraction of sp³-hybridized carbons (Fsp3) is 0.381. The van der Waals surface area contributed by atoms with E-state index >= 15 is 0 Å². The predicted octanol–water partition coefficient (Wildman–Crippen LogP) is 1.07. The van der Waals surface area contributed by atoms with Crippen LogP contribution in [0.1, 0.15) is 17.3 Å². The summed E-state index contributed by atoms with van der Waals surface area (Å²) in [5, 5.41) is 42.5. The lowest BCUT2D eigenvalue weighted by atomic mass is 9.88. The second-order valence-corrected chi connectivity index (χ2v) is 7.79. The zero-order chi connectivity index (χ0) is 22.9. The van der Waals surface area contributed by atoms with Crippen LogP contribution in [-0.2, 0) is 4.74 Å². The number of carbonyl (C=O) groups excluding carboxylic acids is 1. The van der Waals surface area contributed by atoms with Crippen LogP contribution in [-0.4, -0.2) is 70.2 Å². The lowest BCUT2D eigenvalue weighted by Gasteiger charge is -2.45. The molecule has 1 heterocycles. The summed E-state index contributed by atoms with van der Waals surface area (Å²) >= 11 is 6.31. The van der Waals surface area contributed by atoms with Gasteiger partial charge in [0, 0.05) is 7.05 Å². The maximum atomic E-state index is 13.9. The average Bonchev–Trinajstić information content (AvgIpc) is 2.75. The SMILES string of the molecule is CNC(=O)c1cc(-c2ccc(O[C@H]3OC(CO)[C@@H](O)C(O)[C@]3(C)O)c(Cl)c2)ccc1F. The van der Waals surface area contributed by atoms with Crippen LogP contribution < -0.4 is 10.1 Å². The molecular weight excluding hydrogens is 433 g/mol. The van der Waals surface area contributed by atoms with E-state index < -0.39 is 48.5 Å². The number of rotatable bonds is 5. The van der Waals surface area contributed by atoms with Crippen molar-refractivity contribution in [1.82, 2.24) is 5.32 Å². The minimum absolute atomic E-state index is 0.101. The van der Waals surface area contributed by atoms with E-state index in [1.807, 2.05) is 0 Å². The van der Waals surface area contributed by atoms with Gasteiger partial charge in [0.2, 0.25) is 6.29 Å². The second-order valence-electron chi connectivity index (χ2n) is 7.39. The molecule has 168 valence electrons. The summed E-state index contributed by atoms with van der Waals surface area (Å²) in [4.78, 5) is 11.8. The molecule has 0 saturated carbocycles. The molecule has 0 spiro atoms. The Labute approximate surface area is 182 Å². The fourth-order valence-electron chi connectivity index (χ4n) is 3.27. The summed E-state index contributed by atoms with van der Waals surface area (Å²) < 4.78 is 24.9. The van der Waals surface area contributed by atoms with E-state index in [1.165, 1.54) is 44.3 Å². The average molecular weight is 456 g/mol. The van der Waals surface area contributed by atoms with Crippen molar-refractivity contribution in [2.75, 3.05) is 13.7 Å². The quantitative estimate of drug-likeness (QED) is 0.456. The molecule has 10 heteroatoms. The van der Waals surface area contributed by atoms with Crippen molar-refractivity contribution in [2.24, 2.45) is 0 Å². The molecule has 2 unspecified atom stereocenters. The molecule has 0 aromatic heterocycles. The molecule has 2 aromatic carbocycles. The smallest absolute Gasteiger partial charge is 0.254 e. The molecule has 2 aromatic rings. The fourth-order valence-corrected chi connectivity index (χ4v) is 3.49. The van der Waals surface area contributed by atoms with Crippen molar-refractivity contribution in [3.05, 3.63) is 52.8 Å². The third kappa shape index (κ3) is 4.52. The van der Waals surface area contributed by atoms with E-state index in [0.29, 0.717) is 11.1 Å². The number of carbonyl (C=O) groups is 1. The van der Waals surface area contributed by atoms with Crippen LogP contribution in [0.15, 0.2) is 36.4 Å². The van der Waals surface area contributed by atoms with Crippen LogP contribution in [0.3, 0.4) is 0 Å². The van der Waals surface area contributed by atoms with Crippen molar-refractivity contribution >= 4 is 17.5 Å². The van der Waals surface area contributed by atoms with Crippen molar-refractivity contribution < 1.29 is 39.1 Å². The minimum Gasteiger partial charge on any atom is -0.460 e. The van der Waals surface area contributed by atoms with Gasteiger partial charge in [-0.2, -0.15) is 0 Å². The third-order valence-corrected chi connectivity index (χ3v) is 5.49. The molecule has 31 heavy (non-hydrogen) atoms. The van der Waals surface area contributed by atoms with Crippen molar-refractivity contribution in [2.45, 2.75) is 37.1 Å². The number of aliphatic hydroxyl groups excluding tert-OH is 3. The van der Waals surface area contributed by atoms with Gasteiger partial charge in [-0.25, -0.2) is 4.39 Å². The Morgan fingerprint density at radius 1 is 1.26 bits per heavy atom. The van der Waals surface area contributed by atoms with E-state index in [-0.39, 0.29) is 16.3 Å². The van der Waals surface area contributed by atoms with Crippen molar-refractivity contribution in [1.29, 1.82) is 0 Å². The Bertz CT molecular complexity index is 971. The molecule has 3 rings (SSSR count). The highest BCUT2D eigenvalue weighted by atomic mass is 35.5. The molecule has 8 nitrogen and oxygen atoms in total. The van der Waals surface area contributed by atoms with Gasteiger partial charge in [0.1, 0.15) is 29.9 Å². The Morgan fingerprint density at radius 2 is 1.90 bits per heavy atom. The molecular formula is C21H23ClFNO7. The number of ether oxygens (including phenoxy) is 2. The number of hydrogen-bond donors (Lipinski definition) is 5. The highest BCUT2D eigenvalue weighted by Crippen LogP contribution is 2.36. The van der Waals surface area contributed by atoms with Gasteiger partial charge in [-0.05, 0) is 42.3 Å². The van der Waals surface area contributed by atoms with Crippen LogP contribution in [0.4, 0.5) is 4.39 Å². The Hall–Kier alpha value is -2.27. The molecule has 0 bridgehead atoms. The molecule has 1 aliphatic heterocycles. The zero-order valence-corrected chi connectivity index (χ0v) is 17.5. The van der Waals surface area contributed by atoms with Gasteiger partial charge in [0.15, 0.2) is 5.60 Å². The lowest BCUT2D eigenvalue weighted by molar-refractivity contribution is -0.314. The highest BCUT2D eigenvalue weighted by molar-refractivity contribution is 6.32. The van der Waals surface area contributed by atoms with E-state index in [2.05, 4.69) is 5.32 Å². The number of hydrogen-bond acceptors (Lipinski definition) is 7. The molecule has 5 N–H and O–H groups in total. The first-order valence-electron chi connectivity index (χ1n) is 9.43. The second kappa shape index (κ2) is 9.07. The van der Waals surface area contributed by atoms with Gasteiger partial charge >= 0.3 is 0 Å². The number of benzene rings is 2. The van der Waals surface area contributed by atoms with Gasteiger partial charge < -0.3 is 35.2 Å². The van der Waals surface area contributed by atoms with Crippen LogP contribution in [0.25, 0.3) is 11.1 Å². The van der Waals surface area contributed by atoms with Gasteiger partial charge in [0.05, 0.1) is 17.2 Å². The van der Waals surface area contributed by atoms with Crippen LogP contribution in [0, 0.1) is 5.82 Å². The van der Waals surface area contributed by atoms with Gasteiger partial charge in [0.25, 0.3) is 5.91 Å². The van der Waals surface area contributed by atoms with Gasteiger partial charge in [-0.1, -0.05) is 23.7 Å². The normalized spacial score (nSPS) is 28.3. The van der Waals surface area contributed by atoms with E-state index in [4.69, 9.17) is 21.1 Å². The Balaban J connectivity index is 1.87. The van der Waals surface area contributed by atoms with E-state index in [1.54, 1.807) is 6.07 Å². The maximum Gasteiger partial charge on any atom is 0.254 e. The molecule has 0 radical (unpaired) electrons. The van der Waals surface area contributed by atoms with E-state index in [0.717, 1.165) is 0 Å².